The lowest BCUT2D eigenvalue weighted by atomic mass is 9.78. The summed E-state index contributed by atoms with van der Waals surface area (Å²) in [5, 5.41) is 52.8. The molecule has 3 saturated heterocycles. The lowest BCUT2D eigenvalue weighted by molar-refractivity contribution is -0.160. The van der Waals surface area contributed by atoms with E-state index in [2.05, 4.69) is 15.5 Å². The van der Waals surface area contributed by atoms with Gasteiger partial charge >= 0.3 is 11.8 Å². The summed E-state index contributed by atoms with van der Waals surface area (Å²) in [6, 6.07) is 3.60. The number of hydrogen-bond donors (Lipinski definition) is 6. The molecule has 3 aromatic carbocycles. The molecular weight excluding hydrogens is 853 g/mol. The van der Waals surface area contributed by atoms with Crippen LogP contribution in [-0.2, 0) is 23.8 Å². The first-order chi connectivity index (χ1) is 31.3. The highest BCUT2D eigenvalue weighted by Crippen LogP contribution is 2.42. The summed E-state index contributed by atoms with van der Waals surface area (Å²) in [5.74, 6) is -6.91. The Bertz CT molecular complexity index is 2900. The number of carbonyl (C=O) groups excluding carboxylic acids is 2. The predicted molar refractivity (Wildman–Crippen MR) is 247 cm³/mol. The van der Waals surface area contributed by atoms with E-state index < -0.39 is 88.1 Å². The first-order valence-corrected chi connectivity index (χ1v) is 22.4. The van der Waals surface area contributed by atoms with Crippen molar-refractivity contribution < 1.29 is 53.4 Å². The number of aromatic nitrogens is 1. The number of anilines is 2. The van der Waals surface area contributed by atoms with E-state index in [1.165, 1.54) is 59.3 Å². The molecule has 6 heterocycles. The summed E-state index contributed by atoms with van der Waals surface area (Å²) in [6.45, 7) is 14.1. The van der Waals surface area contributed by atoms with Gasteiger partial charge in [-0.1, -0.05) is 45.9 Å². The zero-order valence-corrected chi connectivity index (χ0v) is 38.5. The fraction of sp³-hybridized carbons (Fsp3) is 0.490. The van der Waals surface area contributed by atoms with Crippen LogP contribution >= 0.6 is 0 Å². The molecule has 66 heavy (non-hydrogen) atoms. The summed E-state index contributed by atoms with van der Waals surface area (Å²) in [5.41, 5.74) is -1.28. The highest BCUT2D eigenvalue weighted by atomic mass is 16.7. The molecule has 3 unspecified atom stereocenters. The van der Waals surface area contributed by atoms with E-state index in [4.69, 9.17) is 28.3 Å². The zero-order chi connectivity index (χ0) is 47.7. The van der Waals surface area contributed by atoms with Gasteiger partial charge in [0.2, 0.25) is 10.9 Å². The molecular formula is C49H58N4O13. The Labute approximate surface area is 380 Å². The number of phenolic OH excluding ortho intramolecular Hbond substituents is 1. The molecule has 5 aliphatic rings. The van der Waals surface area contributed by atoms with Crippen molar-refractivity contribution in [2.45, 2.75) is 111 Å². The van der Waals surface area contributed by atoms with Crippen molar-refractivity contribution >= 4 is 62.0 Å². The number of carbonyl (C=O) groups is 2. The van der Waals surface area contributed by atoms with E-state index in [9.17, 15) is 39.6 Å². The molecule has 1 aromatic heterocycles. The van der Waals surface area contributed by atoms with Gasteiger partial charge < -0.3 is 59.3 Å². The molecule has 4 aromatic rings. The Morgan fingerprint density at radius 2 is 1.71 bits per heavy atom. The number of allylic oxidation sites excluding steroid dienone is 2. The molecule has 0 spiro atoms. The van der Waals surface area contributed by atoms with Gasteiger partial charge in [-0.3, -0.25) is 19.2 Å². The van der Waals surface area contributed by atoms with Gasteiger partial charge in [0.15, 0.2) is 22.4 Å². The minimum Gasteiger partial charge on any atom is -0.507 e. The summed E-state index contributed by atoms with van der Waals surface area (Å²) in [4.78, 5) is 62.3. The second-order valence-electron chi connectivity index (χ2n) is 18.5. The molecule has 1 amide bonds. The molecule has 352 valence electrons. The van der Waals surface area contributed by atoms with Gasteiger partial charge in [0, 0.05) is 104 Å². The fourth-order valence-electron chi connectivity index (χ4n) is 10.1. The second kappa shape index (κ2) is 17.7. The number of nitrogens with zero attached hydrogens (tertiary/aromatic N) is 2. The van der Waals surface area contributed by atoms with E-state index in [0.29, 0.717) is 12.2 Å². The molecule has 0 aliphatic carbocycles. The maximum atomic E-state index is 14.9. The van der Waals surface area contributed by atoms with Crippen LogP contribution in [0.4, 0.5) is 11.4 Å². The molecule has 5 aliphatic heterocycles. The number of rotatable bonds is 3. The van der Waals surface area contributed by atoms with E-state index in [-0.39, 0.29) is 72.8 Å². The predicted octanol–water partition coefficient (Wildman–Crippen LogP) is 4.50. The normalized spacial score (nSPS) is 32.5. The highest BCUT2D eigenvalue weighted by molar-refractivity contribution is 6.16. The summed E-state index contributed by atoms with van der Waals surface area (Å²) >= 11 is 0. The van der Waals surface area contributed by atoms with Gasteiger partial charge in [0.1, 0.15) is 28.8 Å². The van der Waals surface area contributed by atoms with Crippen LogP contribution in [0, 0.1) is 30.6 Å². The van der Waals surface area contributed by atoms with Crippen molar-refractivity contribution in [2.75, 3.05) is 30.4 Å². The van der Waals surface area contributed by atoms with E-state index in [1.807, 2.05) is 0 Å². The Morgan fingerprint density at radius 3 is 2.36 bits per heavy atom. The van der Waals surface area contributed by atoms with Crippen molar-refractivity contribution in [1.82, 2.24) is 10.3 Å². The molecule has 0 radical (unpaired) electrons. The Hall–Kier alpha value is -6.01. The molecule has 17 nitrogen and oxygen atoms in total. The number of methoxy groups -OCH3 is 1. The largest absolute Gasteiger partial charge is 0.507 e. The Morgan fingerprint density at radius 1 is 0.970 bits per heavy atom. The SMILES string of the molecule is CO[C@H]1/C=C/OC2(C)Oc3c(C)c(O)c4c(=O)c(c5oc6cc(N7CC8CCC7CN8)cc(=O)c6nc5c4c3=C2O)NC(=O)/C(C)=C\C=C\[C@H](C)[C@H](O)[C@@H](C)[C@@H](O)[C@@H](C)[C@H](OC(C)=O)[C@@H]1C. The number of nitrogens with one attached hydrogen (secondary N) is 2. The van der Waals surface area contributed by atoms with Crippen molar-refractivity contribution in [3.63, 3.8) is 0 Å². The molecule has 6 bridgehead atoms. The van der Waals surface area contributed by atoms with Crippen LogP contribution in [0.15, 0.2) is 62.3 Å². The quantitative estimate of drug-likeness (QED) is 0.0943. The molecule has 0 saturated carbocycles. The number of aliphatic hydroxyl groups is 3. The number of benzene rings is 3. The van der Waals surface area contributed by atoms with Gasteiger partial charge in [0.05, 0.1) is 35.2 Å². The maximum Gasteiger partial charge on any atom is 0.307 e. The number of fused-ring (bicyclic) bond motifs is 5. The topological polar surface area (TPSA) is 239 Å². The number of esters is 1. The monoisotopic (exact) mass is 910 g/mol. The maximum absolute atomic E-state index is 14.9. The Balaban J connectivity index is 1.36. The third-order valence-corrected chi connectivity index (χ3v) is 14.1. The number of ether oxygens (including phenoxy) is 4. The lowest BCUT2D eigenvalue weighted by Crippen LogP contribution is -2.61. The van der Waals surface area contributed by atoms with E-state index >= 15 is 0 Å². The standard InChI is InChI=1S/C49H58N4O13/c1-21-11-10-12-22(2)48(61)52-39-43(59)35-34(38-46(39)65-33-18-30(17-31(55)37(33)51-38)53-20-28-13-14-29(53)19-50-28)36-45(26(6)42(35)58)66-49(8,47(36)60)63-16-15-32(62-9)23(3)44(64-27(7)54)25(5)41(57)24(4)40(21)56/h10-12,15-18,21,23-25,28-29,32,40-41,44,50,56-58,60H,13-14,19-20H2,1-9H3,(H,52,61)/b11-10+,16-15+,22-12-/t21-,23+,24+,25+,28?,29?,32-,40-,41+,44+,49?/m0/s1. The number of phenols is 1. The molecule has 11 atom stereocenters. The number of aliphatic hydroxyl groups excluding tert-OH is 3. The van der Waals surface area contributed by atoms with Crippen LogP contribution in [-0.4, -0.2) is 99.8 Å². The summed E-state index contributed by atoms with van der Waals surface area (Å²) < 4.78 is 30.5. The number of piperidine rings is 2. The average molecular weight is 911 g/mol. The van der Waals surface area contributed by atoms with Gasteiger partial charge in [-0.2, -0.15) is 0 Å². The Kier molecular flexibility index (Phi) is 12.4. The summed E-state index contributed by atoms with van der Waals surface area (Å²) in [7, 11) is 1.45. The van der Waals surface area contributed by atoms with E-state index in [1.54, 1.807) is 45.9 Å². The van der Waals surface area contributed by atoms with Crippen molar-refractivity contribution in [3.05, 3.63) is 79.5 Å². The van der Waals surface area contributed by atoms with Gasteiger partial charge in [-0.25, -0.2) is 4.98 Å². The summed E-state index contributed by atoms with van der Waals surface area (Å²) in [6.07, 6.45) is 5.54. The van der Waals surface area contributed by atoms with Crippen LogP contribution < -0.4 is 36.3 Å². The second-order valence-corrected chi connectivity index (χ2v) is 18.5. The molecule has 9 rings (SSSR count). The first kappa shape index (κ1) is 46.5. The third kappa shape index (κ3) is 7.94. The van der Waals surface area contributed by atoms with Crippen molar-refractivity contribution in [2.24, 2.45) is 23.7 Å². The van der Waals surface area contributed by atoms with Crippen LogP contribution in [0.1, 0.15) is 66.9 Å². The smallest absolute Gasteiger partial charge is 0.307 e. The number of amides is 1. The first-order valence-electron chi connectivity index (χ1n) is 22.4. The average Bonchev–Trinajstić information content (AvgIpc) is 3.56. The number of piperazine rings is 1. The number of hydrogen-bond acceptors (Lipinski definition) is 16. The van der Waals surface area contributed by atoms with Crippen LogP contribution in [0.2, 0.25) is 0 Å². The van der Waals surface area contributed by atoms with Gasteiger partial charge in [0.25, 0.3) is 5.91 Å². The van der Waals surface area contributed by atoms with Crippen LogP contribution in [0.5, 0.6) is 11.5 Å². The number of aromatic hydroxyl groups is 1. The van der Waals surface area contributed by atoms with Crippen LogP contribution in [0.25, 0.3) is 38.7 Å². The van der Waals surface area contributed by atoms with Gasteiger partial charge in [-0.15, -0.1) is 0 Å². The minimum absolute atomic E-state index is 0.0461. The van der Waals surface area contributed by atoms with Crippen molar-refractivity contribution in [3.8, 4) is 11.5 Å². The molecule has 17 heteroatoms. The van der Waals surface area contributed by atoms with Crippen molar-refractivity contribution in [1.29, 1.82) is 0 Å². The van der Waals surface area contributed by atoms with Crippen LogP contribution in [0.3, 0.4) is 0 Å². The molecule has 6 N–H and O–H groups in total. The van der Waals surface area contributed by atoms with E-state index in [0.717, 1.165) is 19.4 Å². The highest BCUT2D eigenvalue weighted by Gasteiger charge is 2.44. The van der Waals surface area contributed by atoms with Gasteiger partial charge in [-0.05, 0) is 32.8 Å². The minimum atomic E-state index is -1.98. The third-order valence-electron chi connectivity index (χ3n) is 14.1. The molecule has 3 fully saturated rings. The zero-order valence-electron chi connectivity index (χ0n) is 38.5. The lowest BCUT2D eigenvalue weighted by Gasteiger charge is -2.47. The fourth-order valence-corrected chi connectivity index (χ4v) is 10.1.